The number of unbranched alkanes of at least 4 members (excludes halogenated alkanes) is 2. The molecule has 0 heterocycles. The summed E-state index contributed by atoms with van der Waals surface area (Å²) >= 11 is 0. The van der Waals surface area contributed by atoms with Gasteiger partial charge in [-0.3, -0.25) is 9.36 Å². The topological polar surface area (TPSA) is 101 Å². The van der Waals surface area contributed by atoms with Gasteiger partial charge in [0.25, 0.3) is 0 Å². The lowest BCUT2D eigenvalue weighted by molar-refractivity contribution is -0.141. The average Bonchev–Trinajstić information content (AvgIpc) is 2.47. The number of nitrogens with two attached hydrogens (primary N) is 1. The van der Waals surface area contributed by atoms with Crippen LogP contribution in [0.1, 0.15) is 71.1 Å². The summed E-state index contributed by atoms with van der Waals surface area (Å²) in [7, 11) is -3.60. The molecule has 3 atom stereocenters. The fourth-order valence-corrected chi connectivity index (χ4v) is 5.13. The van der Waals surface area contributed by atoms with E-state index >= 15 is 0 Å². The Morgan fingerprint density at radius 2 is 1.91 bits per heavy atom. The molecule has 1 rings (SSSR count). The number of aliphatic carboxylic acids is 1. The normalized spacial score (nSPS) is 22.0. The van der Waals surface area contributed by atoms with Crippen molar-refractivity contribution in [2.45, 2.75) is 76.9 Å². The van der Waals surface area contributed by atoms with Gasteiger partial charge < -0.3 is 15.7 Å². The Bertz CT molecular complexity index is 382. The van der Waals surface area contributed by atoms with Crippen molar-refractivity contribution in [3.63, 3.8) is 0 Å². The van der Waals surface area contributed by atoms with E-state index in [0.29, 0.717) is 18.8 Å². The molecular formula is C16H32NO4P. The number of carboxylic acid groups (broad SMARTS) is 1. The van der Waals surface area contributed by atoms with Crippen LogP contribution in [0.25, 0.3) is 0 Å². The summed E-state index contributed by atoms with van der Waals surface area (Å²) < 4.78 is 12.4. The highest BCUT2D eigenvalue weighted by molar-refractivity contribution is 7.58. The molecule has 1 aliphatic rings. The first-order chi connectivity index (χ1) is 10.4. The summed E-state index contributed by atoms with van der Waals surface area (Å²) in [4.78, 5) is 21.7. The molecule has 0 aliphatic heterocycles. The molecule has 0 saturated heterocycles. The van der Waals surface area contributed by atoms with Gasteiger partial charge in [-0.1, -0.05) is 58.3 Å². The van der Waals surface area contributed by atoms with Gasteiger partial charge in [0, 0.05) is 6.16 Å². The highest BCUT2D eigenvalue weighted by Gasteiger charge is 2.35. The Kier molecular flexibility index (Phi) is 8.66. The minimum Gasteiger partial charge on any atom is -0.481 e. The lowest BCUT2D eigenvalue weighted by Crippen LogP contribution is -2.28. The SMILES string of the molecule is CCCCCC(N)P(=O)(O)CC(CC1CCCCC1)C(=O)O. The molecule has 1 saturated carbocycles. The minimum absolute atomic E-state index is 0.174. The van der Waals surface area contributed by atoms with Crippen LogP contribution in [0.5, 0.6) is 0 Å². The molecule has 1 fully saturated rings. The summed E-state index contributed by atoms with van der Waals surface area (Å²) in [5.74, 6) is -2.10. The Balaban J connectivity index is 2.55. The third kappa shape index (κ3) is 6.80. The molecule has 0 aromatic carbocycles. The van der Waals surface area contributed by atoms with Crippen molar-refractivity contribution >= 4 is 13.3 Å². The Hall–Kier alpha value is -0.380. The summed E-state index contributed by atoms with van der Waals surface area (Å²) in [6.07, 6.45) is 9.27. The van der Waals surface area contributed by atoms with Crippen LogP contribution in [0.2, 0.25) is 0 Å². The number of carbonyl (C=O) groups is 1. The highest BCUT2D eigenvalue weighted by Crippen LogP contribution is 2.48. The van der Waals surface area contributed by atoms with Gasteiger partial charge in [0.05, 0.1) is 11.7 Å². The number of hydrogen-bond acceptors (Lipinski definition) is 3. The summed E-state index contributed by atoms with van der Waals surface area (Å²) in [5, 5.41) is 9.39. The molecule has 1 aliphatic carbocycles. The van der Waals surface area contributed by atoms with Gasteiger partial charge >= 0.3 is 5.97 Å². The fourth-order valence-electron chi connectivity index (χ4n) is 3.34. The van der Waals surface area contributed by atoms with Gasteiger partial charge in [0.1, 0.15) is 0 Å². The van der Waals surface area contributed by atoms with Crippen molar-refractivity contribution in [3.05, 3.63) is 0 Å². The van der Waals surface area contributed by atoms with Gasteiger partial charge in [-0.2, -0.15) is 0 Å². The second-order valence-electron chi connectivity index (χ2n) is 6.78. The molecule has 130 valence electrons. The largest absolute Gasteiger partial charge is 0.481 e. The predicted octanol–water partition coefficient (Wildman–Crippen LogP) is 3.79. The third-order valence-electron chi connectivity index (χ3n) is 4.80. The van der Waals surface area contributed by atoms with E-state index in [-0.39, 0.29) is 6.16 Å². The summed E-state index contributed by atoms with van der Waals surface area (Å²) in [6.45, 7) is 2.06. The van der Waals surface area contributed by atoms with Crippen LogP contribution in [-0.4, -0.2) is 27.9 Å². The lowest BCUT2D eigenvalue weighted by Gasteiger charge is -2.27. The molecular weight excluding hydrogens is 301 g/mol. The monoisotopic (exact) mass is 333 g/mol. The van der Waals surface area contributed by atoms with Crippen molar-refractivity contribution in [3.8, 4) is 0 Å². The van der Waals surface area contributed by atoms with E-state index in [2.05, 4.69) is 6.92 Å². The molecule has 0 radical (unpaired) electrons. The fraction of sp³-hybridized carbons (Fsp3) is 0.938. The van der Waals surface area contributed by atoms with Crippen LogP contribution < -0.4 is 5.73 Å². The van der Waals surface area contributed by atoms with Crippen molar-refractivity contribution in [1.29, 1.82) is 0 Å². The van der Waals surface area contributed by atoms with E-state index in [1.807, 2.05) is 0 Å². The van der Waals surface area contributed by atoms with Crippen LogP contribution in [0, 0.1) is 11.8 Å². The second-order valence-corrected chi connectivity index (χ2v) is 9.32. The molecule has 0 aromatic rings. The summed E-state index contributed by atoms with van der Waals surface area (Å²) in [5.41, 5.74) is 5.87. The van der Waals surface area contributed by atoms with Crippen LogP contribution in [-0.2, 0) is 9.36 Å². The maximum atomic E-state index is 12.4. The number of hydrogen-bond donors (Lipinski definition) is 3. The van der Waals surface area contributed by atoms with Crippen molar-refractivity contribution in [1.82, 2.24) is 0 Å². The standard InChI is InChI=1S/C16H32NO4P/c1-2-3-5-10-15(17)22(20,21)12-14(16(18)19)11-13-8-6-4-7-9-13/h13-15H,2-12,17H2,1H3,(H,18,19)(H,20,21). The van der Waals surface area contributed by atoms with Gasteiger partial charge in [-0.25, -0.2) is 0 Å². The van der Waals surface area contributed by atoms with Crippen LogP contribution >= 0.6 is 7.37 Å². The maximum absolute atomic E-state index is 12.4. The van der Waals surface area contributed by atoms with Gasteiger partial charge in [-0.05, 0) is 18.8 Å². The van der Waals surface area contributed by atoms with Gasteiger partial charge in [0.2, 0.25) is 7.37 Å². The Morgan fingerprint density at radius 1 is 1.27 bits per heavy atom. The van der Waals surface area contributed by atoms with Crippen LogP contribution in [0.15, 0.2) is 0 Å². The van der Waals surface area contributed by atoms with Crippen molar-refractivity contribution < 1.29 is 19.4 Å². The Labute approximate surface area is 134 Å². The van der Waals surface area contributed by atoms with Crippen LogP contribution in [0.4, 0.5) is 0 Å². The van der Waals surface area contributed by atoms with E-state index in [1.165, 1.54) is 6.42 Å². The van der Waals surface area contributed by atoms with Crippen molar-refractivity contribution in [2.24, 2.45) is 17.6 Å². The minimum atomic E-state index is -3.60. The van der Waals surface area contributed by atoms with Crippen molar-refractivity contribution in [2.75, 3.05) is 6.16 Å². The van der Waals surface area contributed by atoms with Crippen LogP contribution in [0.3, 0.4) is 0 Å². The molecule has 5 nitrogen and oxygen atoms in total. The number of carboxylic acids is 1. The maximum Gasteiger partial charge on any atom is 0.307 e. The predicted molar refractivity (Wildman–Crippen MR) is 89.1 cm³/mol. The zero-order valence-corrected chi connectivity index (χ0v) is 14.6. The second kappa shape index (κ2) is 9.69. The molecule has 0 amide bonds. The van der Waals surface area contributed by atoms with E-state index in [1.54, 1.807) is 0 Å². The first-order valence-corrected chi connectivity index (χ1v) is 10.6. The van der Waals surface area contributed by atoms with Gasteiger partial charge in [-0.15, -0.1) is 0 Å². The van der Waals surface area contributed by atoms with E-state index in [9.17, 15) is 19.4 Å². The lowest BCUT2D eigenvalue weighted by atomic mass is 9.83. The van der Waals surface area contributed by atoms with E-state index in [0.717, 1.165) is 44.9 Å². The molecule has 4 N–H and O–H groups in total. The number of rotatable bonds is 10. The highest BCUT2D eigenvalue weighted by atomic mass is 31.2. The first kappa shape index (κ1) is 19.7. The Morgan fingerprint density at radius 3 is 2.45 bits per heavy atom. The van der Waals surface area contributed by atoms with Gasteiger partial charge in [0.15, 0.2) is 0 Å². The van der Waals surface area contributed by atoms with E-state index in [4.69, 9.17) is 5.73 Å². The third-order valence-corrected chi connectivity index (χ3v) is 7.05. The zero-order chi connectivity index (χ0) is 16.6. The molecule has 0 aromatic heterocycles. The molecule has 6 heteroatoms. The molecule has 0 bridgehead atoms. The molecule has 3 unspecified atom stereocenters. The van der Waals surface area contributed by atoms with E-state index < -0.39 is 25.0 Å². The zero-order valence-electron chi connectivity index (χ0n) is 13.7. The first-order valence-electron chi connectivity index (χ1n) is 8.66. The smallest absolute Gasteiger partial charge is 0.307 e. The average molecular weight is 333 g/mol. The molecule has 0 spiro atoms. The summed E-state index contributed by atoms with van der Waals surface area (Å²) in [6, 6.07) is 0. The quantitative estimate of drug-likeness (QED) is 0.417. The molecule has 22 heavy (non-hydrogen) atoms.